The number of rotatable bonds is 5. The average molecular weight is 763 g/mol. The van der Waals surface area contributed by atoms with Gasteiger partial charge in [0.2, 0.25) is 0 Å². The lowest BCUT2D eigenvalue weighted by Gasteiger charge is -2.36. The molecule has 54 heavy (non-hydrogen) atoms. The number of carbonyl (C=O) groups is 1. The van der Waals surface area contributed by atoms with Crippen LogP contribution in [0.3, 0.4) is 0 Å². The molecule has 0 aliphatic carbocycles. The number of hydrogen-bond donors (Lipinski definition) is 1. The molecule has 1 amide bonds. The molecular weight excluding hydrogens is 725 g/mol. The van der Waals surface area contributed by atoms with Gasteiger partial charge in [-0.1, -0.05) is 0 Å². The summed E-state index contributed by atoms with van der Waals surface area (Å²) >= 11 is 0. The number of fused-ring (bicyclic) bond motifs is 1. The minimum absolute atomic E-state index is 0.00667. The first-order chi connectivity index (χ1) is 25.7. The van der Waals surface area contributed by atoms with Crippen molar-refractivity contribution in [1.29, 1.82) is 0 Å². The molecule has 7 heterocycles. The summed E-state index contributed by atoms with van der Waals surface area (Å²) in [5.41, 5.74) is 0.778. The number of ether oxygens (including phenoxy) is 1. The van der Waals surface area contributed by atoms with Crippen LogP contribution in [0.4, 0.5) is 47.0 Å². The lowest BCUT2D eigenvalue weighted by Crippen LogP contribution is -2.47. The molecule has 4 aliphatic rings. The van der Waals surface area contributed by atoms with E-state index in [4.69, 9.17) is 15.5 Å². The number of nitrogens with zero attached hydrogens (tertiary/aromatic N) is 9. The van der Waals surface area contributed by atoms with Crippen molar-refractivity contribution in [3.8, 4) is 17.3 Å². The third-order valence-corrected chi connectivity index (χ3v) is 11.5. The number of anilines is 2. The number of aryl methyl sites for hydroxylation is 1. The highest BCUT2D eigenvalue weighted by Crippen LogP contribution is 2.45. The molecule has 2 N–H and O–H groups in total. The maximum absolute atomic E-state index is 17.1. The molecule has 8 rings (SSSR count). The van der Waals surface area contributed by atoms with Gasteiger partial charge >= 0.3 is 24.3 Å². The van der Waals surface area contributed by atoms with Crippen LogP contribution >= 0.6 is 0 Å². The zero-order valence-electron chi connectivity index (χ0n) is 29.4. The number of halogens is 7. The van der Waals surface area contributed by atoms with E-state index < -0.39 is 81.8 Å². The maximum Gasteiger partial charge on any atom is 0.417 e. The topological polar surface area (TPSA) is 131 Å². The fourth-order valence-electron chi connectivity index (χ4n) is 8.94. The molecule has 0 bridgehead atoms. The number of alkyl halides is 4. The number of hydrogen-bond acceptors (Lipinski definition) is 10. The summed E-state index contributed by atoms with van der Waals surface area (Å²) in [6.07, 6.45) is -2.78. The molecule has 0 unspecified atom stereocenters. The minimum Gasteiger partial charge on any atom is -0.461 e. The Labute approximate surface area is 304 Å². The fraction of sp³-hybridized carbons (Fsp3) is 0.543. The third kappa shape index (κ3) is 5.94. The van der Waals surface area contributed by atoms with Crippen LogP contribution in [0.15, 0.2) is 12.4 Å². The van der Waals surface area contributed by atoms with E-state index in [1.807, 2.05) is 16.7 Å². The van der Waals surface area contributed by atoms with Gasteiger partial charge in [0.15, 0.2) is 5.82 Å². The lowest BCUT2D eigenvalue weighted by molar-refractivity contribution is -0.137. The van der Waals surface area contributed by atoms with Crippen LogP contribution in [0.25, 0.3) is 22.2 Å². The van der Waals surface area contributed by atoms with Crippen LogP contribution in [-0.2, 0) is 12.6 Å². The van der Waals surface area contributed by atoms with Gasteiger partial charge in [0, 0.05) is 31.6 Å². The molecule has 12 nitrogen and oxygen atoms in total. The van der Waals surface area contributed by atoms with E-state index in [2.05, 4.69) is 20.1 Å². The first-order valence-electron chi connectivity index (χ1n) is 17.9. The van der Waals surface area contributed by atoms with Crippen LogP contribution in [-0.4, -0.2) is 102 Å². The Morgan fingerprint density at radius 3 is 2.61 bits per heavy atom. The Morgan fingerprint density at radius 2 is 1.87 bits per heavy atom. The quantitative estimate of drug-likeness (QED) is 0.196. The van der Waals surface area contributed by atoms with Crippen LogP contribution < -0.4 is 15.4 Å². The number of amides is 1. The molecular formula is C35H37F7N10O2. The van der Waals surface area contributed by atoms with Crippen LogP contribution in [0.5, 0.6) is 6.01 Å². The lowest BCUT2D eigenvalue weighted by atomic mass is 9.94. The van der Waals surface area contributed by atoms with Crippen molar-refractivity contribution in [1.82, 2.24) is 39.5 Å². The van der Waals surface area contributed by atoms with Crippen molar-refractivity contribution in [3.05, 3.63) is 46.9 Å². The fourth-order valence-corrected chi connectivity index (χ4v) is 8.94. The highest BCUT2D eigenvalue weighted by molar-refractivity contribution is 5.95. The smallest absolute Gasteiger partial charge is 0.417 e. The molecule has 0 radical (unpaired) electrons. The Balaban J connectivity index is 1.28. The zero-order chi connectivity index (χ0) is 38.3. The maximum atomic E-state index is 17.1. The number of likely N-dealkylation sites (tertiary alicyclic amines) is 1. The second-order valence-electron chi connectivity index (χ2n) is 14.6. The number of carbonyl (C=O) groups excluding carboxylic acids is 1. The van der Waals surface area contributed by atoms with Crippen molar-refractivity contribution in [2.45, 2.75) is 88.8 Å². The van der Waals surface area contributed by atoms with E-state index in [9.17, 15) is 31.1 Å². The Bertz CT molecular complexity index is 2150. The first kappa shape index (κ1) is 36.2. The van der Waals surface area contributed by atoms with Gasteiger partial charge in [0.05, 0.1) is 40.0 Å². The second kappa shape index (κ2) is 13.2. The summed E-state index contributed by atoms with van der Waals surface area (Å²) in [5, 5.41) is 3.67. The van der Waals surface area contributed by atoms with Gasteiger partial charge in [0.25, 0.3) is 0 Å². The van der Waals surface area contributed by atoms with E-state index in [0.29, 0.717) is 38.8 Å². The van der Waals surface area contributed by atoms with Crippen molar-refractivity contribution < 1.29 is 40.3 Å². The molecule has 4 atom stereocenters. The summed E-state index contributed by atoms with van der Waals surface area (Å²) < 4.78 is 111. The second-order valence-corrected chi connectivity index (χ2v) is 14.6. The average Bonchev–Trinajstić information content (AvgIpc) is 3.88. The van der Waals surface area contributed by atoms with E-state index in [1.165, 1.54) is 4.90 Å². The predicted molar refractivity (Wildman–Crippen MR) is 181 cm³/mol. The normalized spacial score (nSPS) is 24.6. The molecule has 288 valence electrons. The highest BCUT2D eigenvalue weighted by atomic mass is 19.4. The van der Waals surface area contributed by atoms with E-state index >= 15 is 4.39 Å². The molecule has 4 aromatic rings. The summed E-state index contributed by atoms with van der Waals surface area (Å²) in [6.45, 7) is 4.32. The highest BCUT2D eigenvalue weighted by Gasteiger charge is 2.50. The van der Waals surface area contributed by atoms with Crippen LogP contribution in [0.1, 0.15) is 62.3 Å². The van der Waals surface area contributed by atoms with Gasteiger partial charge < -0.3 is 20.3 Å². The molecule has 0 saturated carbocycles. The number of nitrogen functional groups attached to an aromatic ring is 1. The van der Waals surface area contributed by atoms with Gasteiger partial charge in [-0.15, -0.1) is 5.10 Å². The number of nitrogens with two attached hydrogens (primary N) is 1. The van der Waals surface area contributed by atoms with E-state index in [-0.39, 0.29) is 61.0 Å². The Kier molecular flexibility index (Phi) is 8.84. The molecule has 1 aromatic carbocycles. The Hall–Kier alpha value is -4.81. The summed E-state index contributed by atoms with van der Waals surface area (Å²) in [5.74, 6) is -2.27. The molecule has 3 fully saturated rings. The molecule has 3 saturated heterocycles. The minimum atomic E-state index is -5.09. The standard InChI is InChI=1S/C35H37F7N10O2/c1-17-25(35(40,41)42)20(12-21(43)26(17)37)28-27(38)29-24-22(45-28)6-3-4-10-51(23-7-11-50(18(23)2)33(53)52-16-44-31(39)48-52)30(24)47-32(46-29)54-15-34-8-5-9-49(34)14-19(36)13-34/h12,16,18-19,23H,3-11,13-15,43H2,1-2H3/t18-,19-,23-,34+/m1/s1. The van der Waals surface area contributed by atoms with Crippen molar-refractivity contribution in [2.75, 3.05) is 43.4 Å². The number of aromatic nitrogens is 6. The number of benzene rings is 1. The SMILES string of the molecule is Cc1c(F)c(N)cc(-c2nc3c4c(nc(OC[C@@]56CCCN5C[C@H](F)C6)nc4c2F)N([C@@H]2CCN(C(=O)n4cnc(F)n4)[C@@H]2C)CCCC3)c1C(F)(F)F. The van der Waals surface area contributed by atoms with Crippen molar-refractivity contribution in [3.63, 3.8) is 0 Å². The van der Waals surface area contributed by atoms with Crippen LogP contribution in [0.2, 0.25) is 0 Å². The van der Waals surface area contributed by atoms with Gasteiger partial charge in [-0.25, -0.2) is 22.9 Å². The zero-order valence-corrected chi connectivity index (χ0v) is 29.4. The largest absolute Gasteiger partial charge is 0.461 e. The molecule has 0 spiro atoms. The molecule has 4 aliphatic heterocycles. The van der Waals surface area contributed by atoms with Gasteiger partial charge in [0.1, 0.15) is 42.0 Å². The Morgan fingerprint density at radius 1 is 1.07 bits per heavy atom. The van der Waals surface area contributed by atoms with Crippen LogP contribution in [0, 0.1) is 24.6 Å². The van der Waals surface area contributed by atoms with Gasteiger partial charge in [-0.05, 0) is 70.5 Å². The first-order valence-corrected chi connectivity index (χ1v) is 17.9. The summed E-state index contributed by atoms with van der Waals surface area (Å²) in [7, 11) is 0. The van der Waals surface area contributed by atoms with Crippen molar-refractivity contribution >= 4 is 28.4 Å². The predicted octanol–water partition coefficient (Wildman–Crippen LogP) is 5.84. The monoisotopic (exact) mass is 762 g/mol. The van der Waals surface area contributed by atoms with E-state index in [1.54, 1.807) is 0 Å². The van der Waals surface area contributed by atoms with Gasteiger partial charge in [-0.2, -0.15) is 37.2 Å². The summed E-state index contributed by atoms with van der Waals surface area (Å²) in [4.78, 5) is 35.9. The molecule has 3 aromatic heterocycles. The van der Waals surface area contributed by atoms with E-state index in [0.717, 1.165) is 30.4 Å². The third-order valence-electron chi connectivity index (χ3n) is 11.5. The molecule has 19 heteroatoms. The van der Waals surface area contributed by atoms with Gasteiger partial charge in [-0.3, -0.25) is 4.90 Å². The van der Waals surface area contributed by atoms with Crippen molar-refractivity contribution in [2.24, 2.45) is 0 Å². The summed E-state index contributed by atoms with van der Waals surface area (Å²) in [6, 6.07) is -1.04. The number of pyridine rings is 1.